The Kier molecular flexibility index (Phi) is 5.11. The van der Waals surface area contributed by atoms with Gasteiger partial charge in [0.05, 0.1) is 25.2 Å². The number of ether oxygens (including phenoxy) is 1. The van der Waals surface area contributed by atoms with Crippen LogP contribution in [0.5, 0.6) is 5.88 Å². The van der Waals surface area contributed by atoms with Crippen LogP contribution in [0.3, 0.4) is 0 Å². The highest BCUT2D eigenvalue weighted by Crippen LogP contribution is 2.38. The summed E-state index contributed by atoms with van der Waals surface area (Å²) in [4.78, 5) is 41.8. The van der Waals surface area contributed by atoms with Crippen LogP contribution in [0.25, 0.3) is 0 Å². The van der Waals surface area contributed by atoms with E-state index in [-0.39, 0.29) is 36.6 Å². The van der Waals surface area contributed by atoms with Gasteiger partial charge in [-0.2, -0.15) is 0 Å². The molecule has 0 spiro atoms. The van der Waals surface area contributed by atoms with Gasteiger partial charge in [0.25, 0.3) is 11.8 Å². The zero-order valence-corrected chi connectivity index (χ0v) is 16.5. The van der Waals surface area contributed by atoms with Crippen LogP contribution in [0.1, 0.15) is 49.0 Å². The number of carbonyl (C=O) groups is 3. The molecule has 1 aromatic rings. The Morgan fingerprint density at radius 2 is 2.03 bits per heavy atom. The number of alkyl halides is 2. The van der Waals surface area contributed by atoms with Crippen LogP contribution < -0.4 is 20.7 Å². The van der Waals surface area contributed by atoms with E-state index in [1.165, 1.54) is 11.0 Å². The summed E-state index contributed by atoms with van der Waals surface area (Å²) < 4.78 is 32.4. The molecule has 3 N–H and O–H groups in total. The highest BCUT2D eigenvalue weighted by atomic mass is 19.3. The first-order chi connectivity index (χ1) is 14.1. The monoisotopic (exact) mass is 422 g/mol. The smallest absolute Gasteiger partial charge is 0.282 e. The Morgan fingerprint density at radius 1 is 1.30 bits per heavy atom. The van der Waals surface area contributed by atoms with E-state index in [0.717, 1.165) is 12.8 Å². The third-order valence-electron chi connectivity index (χ3n) is 5.72. The van der Waals surface area contributed by atoms with Crippen molar-refractivity contribution in [1.82, 2.24) is 10.3 Å². The topological polar surface area (TPSA) is 115 Å². The molecule has 4 rings (SSSR count). The average Bonchev–Trinajstić information content (AvgIpc) is 3.40. The van der Waals surface area contributed by atoms with E-state index in [0.29, 0.717) is 24.6 Å². The Bertz CT molecular complexity index is 882. The number of rotatable bonds is 8. The van der Waals surface area contributed by atoms with Crippen LogP contribution in [0.2, 0.25) is 0 Å². The first-order valence-corrected chi connectivity index (χ1v) is 10.0. The molecule has 3 aliphatic rings. The van der Waals surface area contributed by atoms with Crippen LogP contribution in [0, 0.1) is 5.92 Å². The summed E-state index contributed by atoms with van der Waals surface area (Å²) in [6, 6.07) is 2.97. The van der Waals surface area contributed by atoms with Crippen molar-refractivity contribution in [3.63, 3.8) is 0 Å². The molecule has 2 saturated carbocycles. The number of anilines is 1. The van der Waals surface area contributed by atoms with Gasteiger partial charge in [-0.25, -0.2) is 13.8 Å². The van der Waals surface area contributed by atoms with Gasteiger partial charge in [-0.05, 0) is 37.3 Å². The fraction of sp³-hybridized carbons (Fsp3) is 0.600. The van der Waals surface area contributed by atoms with E-state index in [1.54, 1.807) is 6.07 Å². The number of carbonyl (C=O) groups excluding carboxylic acids is 3. The van der Waals surface area contributed by atoms with Crippen molar-refractivity contribution in [1.29, 1.82) is 0 Å². The van der Waals surface area contributed by atoms with E-state index >= 15 is 0 Å². The summed E-state index contributed by atoms with van der Waals surface area (Å²) in [6.45, 7) is -0.441. The second-order valence-corrected chi connectivity index (χ2v) is 8.58. The summed E-state index contributed by atoms with van der Waals surface area (Å²) in [7, 11) is 0. The number of nitrogens with two attached hydrogens (primary N) is 1. The number of hydrogen-bond acceptors (Lipinski definition) is 6. The molecular formula is C20H24F2N4O4. The standard InChI is InChI=1S/C20H24F2N4O4/c21-20(22)10-26(11-20)15-4-3-14(24-18(15)30-9-12-1-2-12)17(29)25-19(8-16(23)28)6-5-13(27)7-19/h3-4,12H,1-2,5-11H2,(H2,23,28)(H,25,29). The minimum absolute atomic E-state index is 0.0278. The fourth-order valence-corrected chi connectivity index (χ4v) is 3.94. The zero-order valence-electron chi connectivity index (χ0n) is 16.5. The number of aromatic nitrogens is 1. The largest absolute Gasteiger partial charge is 0.476 e. The highest BCUT2D eigenvalue weighted by Gasteiger charge is 2.45. The van der Waals surface area contributed by atoms with Crippen molar-refractivity contribution in [3.8, 4) is 5.88 Å². The van der Waals surface area contributed by atoms with E-state index in [1.807, 2.05) is 0 Å². The molecule has 8 nitrogen and oxygen atoms in total. The average molecular weight is 422 g/mol. The lowest BCUT2D eigenvalue weighted by Gasteiger charge is -2.40. The van der Waals surface area contributed by atoms with Crippen molar-refractivity contribution < 1.29 is 27.9 Å². The lowest BCUT2D eigenvalue weighted by atomic mass is 9.92. The van der Waals surface area contributed by atoms with Gasteiger partial charge >= 0.3 is 0 Å². The van der Waals surface area contributed by atoms with Crippen molar-refractivity contribution in [3.05, 3.63) is 17.8 Å². The second kappa shape index (κ2) is 7.48. The van der Waals surface area contributed by atoms with Crippen molar-refractivity contribution >= 4 is 23.3 Å². The molecule has 30 heavy (non-hydrogen) atoms. The number of hydrogen-bond donors (Lipinski definition) is 2. The number of primary amides is 1. The van der Waals surface area contributed by atoms with Crippen LogP contribution in [-0.4, -0.2) is 53.7 Å². The molecule has 0 aromatic carbocycles. The van der Waals surface area contributed by atoms with Gasteiger partial charge in [0.1, 0.15) is 17.2 Å². The van der Waals surface area contributed by atoms with Gasteiger partial charge in [-0.3, -0.25) is 14.4 Å². The summed E-state index contributed by atoms with van der Waals surface area (Å²) >= 11 is 0. The summed E-state index contributed by atoms with van der Waals surface area (Å²) in [5.41, 5.74) is 4.73. The molecule has 1 saturated heterocycles. The molecule has 162 valence electrons. The Balaban J connectivity index is 1.53. The van der Waals surface area contributed by atoms with Gasteiger partial charge in [0.15, 0.2) is 0 Å². The maximum atomic E-state index is 13.3. The van der Waals surface area contributed by atoms with Crippen molar-refractivity contribution in [2.75, 3.05) is 24.6 Å². The van der Waals surface area contributed by atoms with Gasteiger partial charge in [-0.15, -0.1) is 0 Å². The maximum Gasteiger partial charge on any atom is 0.282 e. The van der Waals surface area contributed by atoms with Crippen molar-refractivity contribution in [2.24, 2.45) is 11.7 Å². The molecule has 1 aliphatic heterocycles. The van der Waals surface area contributed by atoms with Crippen molar-refractivity contribution in [2.45, 2.75) is 50.0 Å². The van der Waals surface area contributed by atoms with E-state index in [4.69, 9.17) is 10.5 Å². The second-order valence-electron chi connectivity index (χ2n) is 8.58. The number of halogens is 2. The maximum absolute atomic E-state index is 13.3. The fourth-order valence-electron chi connectivity index (χ4n) is 3.94. The number of nitrogens with zero attached hydrogens (tertiary/aromatic N) is 2. The SMILES string of the molecule is NC(=O)CC1(NC(=O)c2ccc(N3CC(F)(F)C3)c(OCC3CC3)n2)CCC(=O)C1. The molecule has 0 radical (unpaired) electrons. The van der Waals surface area contributed by atoms with Gasteiger partial charge < -0.3 is 20.7 Å². The third kappa shape index (κ3) is 4.52. The molecule has 10 heteroatoms. The summed E-state index contributed by atoms with van der Waals surface area (Å²) in [5.74, 6) is -3.43. The normalized spacial score (nSPS) is 25.0. The number of amides is 2. The number of pyridine rings is 1. The summed E-state index contributed by atoms with van der Waals surface area (Å²) in [5, 5.41) is 2.75. The lowest BCUT2D eigenvalue weighted by molar-refractivity contribution is -0.119. The predicted octanol–water partition coefficient (Wildman–Crippen LogP) is 1.42. The van der Waals surface area contributed by atoms with Crippen LogP contribution in [0.4, 0.5) is 14.5 Å². The molecule has 1 atom stereocenters. The van der Waals surface area contributed by atoms with E-state index in [9.17, 15) is 23.2 Å². The molecule has 2 amide bonds. The number of Topliss-reactive ketones (excluding diaryl/α,β-unsaturated/α-hetero) is 1. The van der Waals surface area contributed by atoms with E-state index in [2.05, 4.69) is 10.3 Å². The lowest BCUT2D eigenvalue weighted by Crippen LogP contribution is -2.56. The molecule has 0 bridgehead atoms. The highest BCUT2D eigenvalue weighted by molar-refractivity contribution is 5.95. The third-order valence-corrected chi connectivity index (χ3v) is 5.72. The Hall–Kier alpha value is -2.78. The van der Waals surface area contributed by atoms with Crippen LogP contribution >= 0.6 is 0 Å². The predicted molar refractivity (Wildman–Crippen MR) is 102 cm³/mol. The van der Waals surface area contributed by atoms with Gasteiger partial charge in [0, 0.05) is 19.3 Å². The van der Waals surface area contributed by atoms with Crippen LogP contribution in [0.15, 0.2) is 12.1 Å². The Morgan fingerprint density at radius 3 is 2.60 bits per heavy atom. The molecule has 2 aliphatic carbocycles. The van der Waals surface area contributed by atoms with Gasteiger partial charge in [0.2, 0.25) is 11.8 Å². The first-order valence-electron chi connectivity index (χ1n) is 10.0. The van der Waals surface area contributed by atoms with E-state index < -0.39 is 36.4 Å². The zero-order chi connectivity index (χ0) is 21.5. The molecule has 1 unspecified atom stereocenters. The number of ketones is 1. The van der Waals surface area contributed by atoms with Gasteiger partial charge in [-0.1, -0.05) is 0 Å². The molecular weight excluding hydrogens is 398 g/mol. The minimum atomic E-state index is -2.75. The Labute approximate surface area is 172 Å². The number of nitrogens with one attached hydrogen (secondary N) is 1. The summed E-state index contributed by atoms with van der Waals surface area (Å²) in [6.07, 6.45) is 2.57. The first kappa shape index (κ1) is 20.5. The minimum Gasteiger partial charge on any atom is -0.476 e. The quantitative estimate of drug-likeness (QED) is 0.655. The van der Waals surface area contributed by atoms with Crippen LogP contribution in [-0.2, 0) is 9.59 Å². The molecule has 2 heterocycles. The molecule has 1 aromatic heterocycles. The molecule has 3 fully saturated rings.